The molecule has 0 spiro atoms. The zero-order chi connectivity index (χ0) is 48.0. The Morgan fingerprint density at radius 1 is 0.493 bits per heavy atom. The molecular formula is C69H64. The van der Waals surface area contributed by atoms with Crippen molar-refractivity contribution in [3.05, 3.63) is 239 Å². The first-order valence-corrected chi connectivity index (χ1v) is 25.2. The molecule has 10 rings (SSSR count). The second-order valence-corrected chi connectivity index (χ2v) is 18.2. The van der Waals surface area contributed by atoms with Crippen molar-refractivity contribution in [1.82, 2.24) is 0 Å². The number of aryl methyl sites for hydroxylation is 1. The highest BCUT2D eigenvalue weighted by atomic mass is 14.2. The van der Waals surface area contributed by atoms with Gasteiger partial charge in [0.15, 0.2) is 0 Å². The summed E-state index contributed by atoms with van der Waals surface area (Å²) in [5.41, 5.74) is 17.8. The van der Waals surface area contributed by atoms with E-state index >= 15 is 0 Å². The molecule has 0 aromatic heterocycles. The van der Waals surface area contributed by atoms with Crippen LogP contribution in [0.1, 0.15) is 93.3 Å². The fourth-order valence-electron chi connectivity index (χ4n) is 10.4. The van der Waals surface area contributed by atoms with Crippen LogP contribution in [-0.2, 0) is 12.8 Å². The van der Waals surface area contributed by atoms with Crippen molar-refractivity contribution in [2.45, 2.75) is 74.1 Å². The summed E-state index contributed by atoms with van der Waals surface area (Å²) in [5.74, 6) is 0. The third kappa shape index (κ3) is 9.25. The second-order valence-electron chi connectivity index (χ2n) is 18.2. The zero-order valence-electron chi connectivity index (χ0n) is 41.6. The molecule has 0 aliphatic rings. The predicted octanol–water partition coefficient (Wildman–Crippen LogP) is 20.3. The minimum absolute atomic E-state index is 0.948. The van der Waals surface area contributed by atoms with E-state index in [0.29, 0.717) is 0 Å². The van der Waals surface area contributed by atoms with Crippen molar-refractivity contribution in [3.63, 3.8) is 0 Å². The summed E-state index contributed by atoms with van der Waals surface area (Å²) >= 11 is 0. The van der Waals surface area contributed by atoms with Crippen LogP contribution in [0.3, 0.4) is 0 Å². The highest BCUT2D eigenvalue weighted by Crippen LogP contribution is 2.41. The largest absolute Gasteiger partial charge is 0.0912 e. The SMILES string of the molecule is C=C(/C=C\c1ccc(/C=C\C(=C(C)CC)c2ccc(-c3ccc4ccc5ccc(-c6ccc7ccccc7c6)c(CC)c5c4c3)c3ccccc23)c(C)c1CCC)c1ccc2ccccc2c1.CC. The third-order valence-corrected chi connectivity index (χ3v) is 14.2. The van der Waals surface area contributed by atoms with Gasteiger partial charge in [0.05, 0.1) is 0 Å². The predicted molar refractivity (Wildman–Crippen MR) is 307 cm³/mol. The van der Waals surface area contributed by atoms with E-state index in [0.717, 1.165) is 36.8 Å². The number of rotatable bonds is 12. The first-order chi connectivity index (χ1) is 33.8. The number of hydrogen-bond donors (Lipinski definition) is 0. The summed E-state index contributed by atoms with van der Waals surface area (Å²) < 4.78 is 0. The van der Waals surface area contributed by atoms with Crippen molar-refractivity contribution in [2.75, 3.05) is 0 Å². The maximum absolute atomic E-state index is 4.45. The van der Waals surface area contributed by atoms with E-state index in [-0.39, 0.29) is 0 Å². The Hall–Kier alpha value is -7.54. The topological polar surface area (TPSA) is 0 Å². The van der Waals surface area contributed by atoms with E-state index in [4.69, 9.17) is 0 Å². The number of fused-ring (bicyclic) bond motifs is 6. The normalized spacial score (nSPS) is 12.1. The molecule has 0 heteroatoms. The number of hydrogen-bond acceptors (Lipinski definition) is 0. The van der Waals surface area contributed by atoms with Crippen molar-refractivity contribution in [2.24, 2.45) is 0 Å². The summed E-state index contributed by atoms with van der Waals surface area (Å²) in [5, 5.41) is 12.8. The van der Waals surface area contributed by atoms with E-state index in [9.17, 15) is 0 Å². The Kier molecular flexibility index (Phi) is 14.0. The van der Waals surface area contributed by atoms with E-state index in [1.807, 2.05) is 13.8 Å². The van der Waals surface area contributed by atoms with Crippen LogP contribution in [0.25, 0.3) is 99.4 Å². The van der Waals surface area contributed by atoms with Crippen molar-refractivity contribution in [1.29, 1.82) is 0 Å². The minimum atomic E-state index is 0.948. The summed E-state index contributed by atoms with van der Waals surface area (Å²) in [4.78, 5) is 0. The Morgan fingerprint density at radius 3 is 1.80 bits per heavy atom. The van der Waals surface area contributed by atoms with Gasteiger partial charge in [0.25, 0.3) is 0 Å². The highest BCUT2D eigenvalue weighted by molar-refractivity contribution is 6.13. The molecule has 10 aromatic rings. The first kappa shape index (κ1) is 46.6. The Bertz CT molecular complexity index is 3640. The standard InChI is InChI=1S/C67H58.C2H6/c1-7-16-60-46(6)47(25-28-50(60)24-23-45(5)53-32-26-48-17-10-12-19-54(48)41-53)35-37-59(44(4)8-2)65-40-39-62(63-21-14-15-22-64(63)65)57-34-30-51-29-31-52-36-38-61(58(9-3)67(52)66(51)43-57)56-33-27-49-18-11-13-20-55(49)42-56;1-2/h10-15,17-43H,5,7-9,16H2,1-4,6H3;1-2H3/b24-23-,37-35-,59-44?;. The second kappa shape index (κ2) is 20.8. The Labute approximate surface area is 410 Å². The summed E-state index contributed by atoms with van der Waals surface area (Å²) in [7, 11) is 0. The van der Waals surface area contributed by atoms with Gasteiger partial charge >= 0.3 is 0 Å². The van der Waals surface area contributed by atoms with Gasteiger partial charge in [-0.2, -0.15) is 0 Å². The van der Waals surface area contributed by atoms with Crippen molar-refractivity contribution in [3.8, 4) is 22.3 Å². The monoisotopic (exact) mass is 893 g/mol. The van der Waals surface area contributed by atoms with Crippen LogP contribution >= 0.6 is 0 Å². The van der Waals surface area contributed by atoms with Gasteiger partial charge in [-0.05, 0) is 178 Å². The molecule has 0 amide bonds. The third-order valence-electron chi connectivity index (χ3n) is 14.2. The van der Waals surface area contributed by atoms with Gasteiger partial charge < -0.3 is 0 Å². The molecule has 0 N–H and O–H groups in total. The molecule has 0 fully saturated rings. The fourth-order valence-corrected chi connectivity index (χ4v) is 10.4. The van der Waals surface area contributed by atoms with Crippen LogP contribution in [0.15, 0.2) is 200 Å². The minimum Gasteiger partial charge on any atom is -0.0912 e. The molecule has 0 aliphatic heterocycles. The van der Waals surface area contributed by atoms with Gasteiger partial charge in [-0.25, -0.2) is 0 Å². The summed E-state index contributed by atoms with van der Waals surface area (Å²) in [6.07, 6.45) is 13.2. The molecule has 69 heavy (non-hydrogen) atoms. The lowest BCUT2D eigenvalue weighted by molar-refractivity contribution is 0.909. The number of benzene rings is 10. The van der Waals surface area contributed by atoms with Crippen LogP contribution in [0.5, 0.6) is 0 Å². The van der Waals surface area contributed by atoms with Gasteiger partial charge in [-0.15, -0.1) is 0 Å². The Morgan fingerprint density at radius 2 is 1.07 bits per heavy atom. The molecular weight excluding hydrogens is 829 g/mol. The lowest BCUT2D eigenvalue weighted by Gasteiger charge is -2.17. The van der Waals surface area contributed by atoms with E-state index in [1.165, 1.54) is 121 Å². The average molecular weight is 893 g/mol. The molecule has 0 aliphatic carbocycles. The summed E-state index contributed by atoms with van der Waals surface area (Å²) in [6, 6.07) is 65.3. The van der Waals surface area contributed by atoms with E-state index in [2.05, 4.69) is 241 Å². The first-order valence-electron chi connectivity index (χ1n) is 25.2. The van der Waals surface area contributed by atoms with Crippen LogP contribution in [0.2, 0.25) is 0 Å². The molecule has 0 saturated heterocycles. The molecule has 0 nitrogen and oxygen atoms in total. The highest BCUT2D eigenvalue weighted by Gasteiger charge is 2.16. The number of allylic oxidation sites excluding steroid dienone is 5. The molecule has 0 bridgehead atoms. The van der Waals surface area contributed by atoms with Crippen LogP contribution in [-0.4, -0.2) is 0 Å². The molecule has 0 heterocycles. The van der Waals surface area contributed by atoms with Gasteiger partial charge in [0.2, 0.25) is 0 Å². The molecule has 0 atom stereocenters. The zero-order valence-corrected chi connectivity index (χ0v) is 41.6. The van der Waals surface area contributed by atoms with Gasteiger partial charge in [-0.3, -0.25) is 0 Å². The maximum atomic E-state index is 4.45. The smallest absolute Gasteiger partial charge is 0.00670 e. The van der Waals surface area contributed by atoms with Gasteiger partial charge in [0, 0.05) is 0 Å². The van der Waals surface area contributed by atoms with Gasteiger partial charge in [-0.1, -0.05) is 235 Å². The Balaban J connectivity index is 0.00000293. The average Bonchev–Trinajstić information content (AvgIpc) is 3.40. The quantitative estimate of drug-likeness (QED) is 0.0847. The fraction of sp³-hybridized carbons (Fsp3) is 0.159. The molecule has 0 saturated carbocycles. The van der Waals surface area contributed by atoms with E-state index < -0.39 is 0 Å². The molecule has 0 radical (unpaired) electrons. The molecule has 0 unspecified atom stereocenters. The lowest BCUT2D eigenvalue weighted by Crippen LogP contribution is -1.96. The molecule has 340 valence electrons. The maximum Gasteiger partial charge on any atom is -0.00670 e. The molecule has 10 aromatic carbocycles. The van der Waals surface area contributed by atoms with Gasteiger partial charge in [0.1, 0.15) is 0 Å². The summed E-state index contributed by atoms with van der Waals surface area (Å²) in [6.45, 7) is 19.9. The van der Waals surface area contributed by atoms with Crippen LogP contribution < -0.4 is 0 Å². The van der Waals surface area contributed by atoms with Crippen LogP contribution in [0.4, 0.5) is 0 Å². The van der Waals surface area contributed by atoms with Crippen LogP contribution in [0, 0.1) is 6.92 Å². The van der Waals surface area contributed by atoms with E-state index in [1.54, 1.807) is 0 Å². The lowest BCUT2D eigenvalue weighted by atomic mass is 9.87. The van der Waals surface area contributed by atoms with Crippen molar-refractivity contribution >= 4 is 77.2 Å². The van der Waals surface area contributed by atoms with Crippen molar-refractivity contribution < 1.29 is 0 Å².